The lowest BCUT2D eigenvalue weighted by Gasteiger charge is -2.26. The van der Waals surface area contributed by atoms with E-state index in [2.05, 4.69) is 4.98 Å². The minimum Gasteiger partial charge on any atom is -0.322 e. The molecule has 0 fully saturated rings. The number of fused-ring (bicyclic) bond motifs is 1. The molecule has 0 bridgehead atoms. The van der Waals surface area contributed by atoms with Crippen LogP contribution < -0.4 is 5.56 Å². The Morgan fingerprint density at radius 3 is 2.68 bits per heavy atom. The zero-order chi connectivity index (χ0) is 20.1. The molecule has 1 aromatic heterocycles. The van der Waals surface area contributed by atoms with Gasteiger partial charge in [0.25, 0.3) is 5.56 Å². The first-order valence-corrected chi connectivity index (χ1v) is 9.38. The van der Waals surface area contributed by atoms with Crippen LogP contribution in [0.25, 0.3) is 17.0 Å². The number of aromatic nitrogens is 1. The number of allylic oxidation sites excluding steroid dienone is 1. The molecule has 28 heavy (non-hydrogen) atoms. The first kappa shape index (κ1) is 19.5. The molecule has 0 radical (unpaired) electrons. The van der Waals surface area contributed by atoms with Crippen molar-refractivity contribution in [1.29, 1.82) is 5.41 Å². The van der Waals surface area contributed by atoms with E-state index in [1.807, 2.05) is 62.4 Å². The number of carbonyl (C=O) groups is 1. The Kier molecular flexibility index (Phi) is 5.69. The van der Waals surface area contributed by atoms with Gasteiger partial charge >= 0.3 is 0 Å². The predicted molar refractivity (Wildman–Crippen MR) is 115 cm³/mol. The van der Waals surface area contributed by atoms with Gasteiger partial charge in [0, 0.05) is 22.7 Å². The van der Waals surface area contributed by atoms with E-state index in [-0.39, 0.29) is 5.56 Å². The Labute approximate surface area is 164 Å². The topological polar surface area (TPSA) is 73.8 Å². The van der Waals surface area contributed by atoms with Crippen LogP contribution in [0.5, 0.6) is 0 Å². The van der Waals surface area contributed by atoms with E-state index in [9.17, 15) is 9.59 Å². The van der Waals surface area contributed by atoms with Crippen molar-refractivity contribution in [3.63, 3.8) is 0 Å². The van der Waals surface area contributed by atoms with Crippen molar-refractivity contribution in [3.8, 4) is 0 Å². The van der Waals surface area contributed by atoms with E-state index >= 15 is 0 Å². The Bertz CT molecular complexity index is 1110. The Balaban J connectivity index is 1.99. The van der Waals surface area contributed by atoms with Gasteiger partial charge in [-0.05, 0) is 53.1 Å². The molecule has 142 valence electrons. The average Bonchev–Trinajstić information content (AvgIpc) is 2.71. The van der Waals surface area contributed by atoms with Gasteiger partial charge in [-0.1, -0.05) is 56.3 Å². The molecule has 1 atom stereocenters. The summed E-state index contributed by atoms with van der Waals surface area (Å²) in [5, 5.41) is 9.06. The van der Waals surface area contributed by atoms with Gasteiger partial charge < -0.3 is 10.4 Å². The van der Waals surface area contributed by atoms with E-state index in [1.165, 1.54) is 12.3 Å². The van der Waals surface area contributed by atoms with Gasteiger partial charge in [-0.15, -0.1) is 0 Å². The Morgan fingerprint density at radius 1 is 1.14 bits per heavy atom. The normalized spacial score (nSPS) is 13.5. The molecule has 0 aliphatic carbocycles. The van der Waals surface area contributed by atoms with E-state index in [0.717, 1.165) is 39.4 Å². The van der Waals surface area contributed by atoms with Gasteiger partial charge in [0.15, 0.2) is 0 Å². The maximum absolute atomic E-state index is 12.2. The number of H-pyrrole nitrogens is 1. The maximum Gasteiger partial charge on any atom is 0.251 e. The van der Waals surface area contributed by atoms with Crippen LogP contribution >= 0.6 is 0 Å². The standard InChI is InChI=1S/C24H24N2O2/c1-3-19-13-20-9-10-21(14-22(20)26-23(19)28)24(2,16-25)15-18-7-4-6-17(12-18)8-5-11-27/h4-14,16,25H,3,15H2,1-2H3,(H,26,28)/b8-5+,25-16?. The third-order valence-corrected chi connectivity index (χ3v) is 5.17. The highest BCUT2D eigenvalue weighted by atomic mass is 16.1. The second kappa shape index (κ2) is 8.17. The zero-order valence-electron chi connectivity index (χ0n) is 16.2. The highest BCUT2D eigenvalue weighted by Gasteiger charge is 2.25. The van der Waals surface area contributed by atoms with Crippen LogP contribution in [-0.2, 0) is 23.1 Å². The highest BCUT2D eigenvalue weighted by molar-refractivity contribution is 5.82. The summed E-state index contributed by atoms with van der Waals surface area (Å²) in [4.78, 5) is 25.7. The lowest BCUT2D eigenvalue weighted by Crippen LogP contribution is -2.26. The maximum atomic E-state index is 12.2. The minimum atomic E-state index is -0.512. The molecule has 1 unspecified atom stereocenters. The molecular formula is C24H24N2O2. The van der Waals surface area contributed by atoms with E-state index in [0.29, 0.717) is 12.8 Å². The summed E-state index contributed by atoms with van der Waals surface area (Å²) in [5.41, 5.74) is 4.00. The summed E-state index contributed by atoms with van der Waals surface area (Å²) in [6.45, 7) is 3.99. The summed E-state index contributed by atoms with van der Waals surface area (Å²) in [6.07, 6.45) is 6.79. The van der Waals surface area contributed by atoms with Gasteiger partial charge in [-0.2, -0.15) is 0 Å². The fraction of sp³-hybridized carbons (Fsp3) is 0.208. The Hall–Kier alpha value is -3.27. The van der Waals surface area contributed by atoms with Crippen LogP contribution in [0.4, 0.5) is 0 Å². The van der Waals surface area contributed by atoms with E-state index < -0.39 is 5.41 Å². The molecule has 0 saturated carbocycles. The van der Waals surface area contributed by atoms with Crippen LogP contribution in [0.3, 0.4) is 0 Å². The van der Waals surface area contributed by atoms with Crippen molar-refractivity contribution in [1.82, 2.24) is 4.98 Å². The van der Waals surface area contributed by atoms with Crippen molar-refractivity contribution in [2.45, 2.75) is 32.1 Å². The second-order valence-corrected chi connectivity index (χ2v) is 7.26. The second-order valence-electron chi connectivity index (χ2n) is 7.26. The fourth-order valence-corrected chi connectivity index (χ4v) is 3.48. The number of carbonyl (C=O) groups excluding carboxylic acids is 1. The molecule has 1 heterocycles. The molecular weight excluding hydrogens is 348 g/mol. The monoisotopic (exact) mass is 372 g/mol. The number of pyridine rings is 1. The van der Waals surface area contributed by atoms with Crippen LogP contribution in [0.1, 0.15) is 36.1 Å². The summed E-state index contributed by atoms with van der Waals surface area (Å²) >= 11 is 0. The SMILES string of the molecule is CCc1cc2ccc(C(C)(C=N)Cc3cccc(/C=C/C=O)c3)cc2[nH]c1=O. The molecule has 3 aromatic rings. The lowest BCUT2D eigenvalue weighted by molar-refractivity contribution is -0.104. The van der Waals surface area contributed by atoms with Gasteiger partial charge in [0.2, 0.25) is 0 Å². The number of aryl methyl sites for hydroxylation is 1. The van der Waals surface area contributed by atoms with Crippen molar-refractivity contribution in [2.75, 3.05) is 0 Å². The van der Waals surface area contributed by atoms with Gasteiger partial charge in [0.05, 0.1) is 0 Å². The number of hydrogen-bond donors (Lipinski definition) is 2. The third-order valence-electron chi connectivity index (χ3n) is 5.17. The molecule has 0 amide bonds. The smallest absolute Gasteiger partial charge is 0.251 e. The molecule has 0 saturated heterocycles. The van der Waals surface area contributed by atoms with Crippen LogP contribution in [0.15, 0.2) is 59.4 Å². The number of nitrogens with one attached hydrogen (secondary N) is 2. The summed E-state index contributed by atoms with van der Waals surface area (Å²) < 4.78 is 0. The molecule has 0 aliphatic rings. The van der Waals surface area contributed by atoms with Crippen molar-refractivity contribution < 1.29 is 4.79 Å². The molecule has 2 aromatic carbocycles. The average molecular weight is 372 g/mol. The van der Waals surface area contributed by atoms with Crippen LogP contribution in [0, 0.1) is 5.41 Å². The van der Waals surface area contributed by atoms with Gasteiger partial charge in [-0.25, -0.2) is 0 Å². The summed E-state index contributed by atoms with van der Waals surface area (Å²) in [6, 6.07) is 15.9. The lowest BCUT2D eigenvalue weighted by atomic mass is 9.78. The van der Waals surface area contributed by atoms with Crippen molar-refractivity contribution >= 4 is 29.5 Å². The molecule has 4 heteroatoms. The van der Waals surface area contributed by atoms with Gasteiger partial charge in [0.1, 0.15) is 6.29 Å². The fourth-order valence-electron chi connectivity index (χ4n) is 3.48. The molecule has 4 nitrogen and oxygen atoms in total. The number of hydrogen-bond acceptors (Lipinski definition) is 3. The minimum absolute atomic E-state index is 0.0571. The summed E-state index contributed by atoms with van der Waals surface area (Å²) in [5.74, 6) is 0. The zero-order valence-corrected chi connectivity index (χ0v) is 16.2. The van der Waals surface area contributed by atoms with E-state index in [4.69, 9.17) is 5.41 Å². The highest BCUT2D eigenvalue weighted by Crippen LogP contribution is 2.29. The first-order valence-electron chi connectivity index (χ1n) is 9.38. The number of rotatable bonds is 7. The Morgan fingerprint density at radius 2 is 1.96 bits per heavy atom. The van der Waals surface area contributed by atoms with Gasteiger partial charge in [-0.3, -0.25) is 9.59 Å². The molecule has 2 N–H and O–H groups in total. The first-order chi connectivity index (χ1) is 13.5. The molecule has 0 spiro atoms. The van der Waals surface area contributed by atoms with Crippen molar-refractivity contribution in [2.24, 2.45) is 0 Å². The largest absolute Gasteiger partial charge is 0.322 e. The molecule has 0 aliphatic heterocycles. The predicted octanol–water partition coefficient (Wildman–Crippen LogP) is 4.45. The third kappa shape index (κ3) is 4.01. The summed E-state index contributed by atoms with van der Waals surface area (Å²) in [7, 11) is 0. The van der Waals surface area contributed by atoms with Crippen molar-refractivity contribution in [3.05, 3.63) is 87.2 Å². The van der Waals surface area contributed by atoms with Crippen LogP contribution in [0.2, 0.25) is 0 Å². The van der Waals surface area contributed by atoms with Crippen LogP contribution in [-0.4, -0.2) is 17.5 Å². The quantitative estimate of drug-likeness (QED) is 0.365. The number of aldehydes is 1. The number of aromatic amines is 1. The van der Waals surface area contributed by atoms with E-state index in [1.54, 1.807) is 6.08 Å². The molecule has 3 rings (SSSR count). The number of benzene rings is 2.